The van der Waals surface area contributed by atoms with Gasteiger partial charge < -0.3 is 4.74 Å². The molecule has 3 aliphatic rings. The average molecular weight is 291 g/mol. The summed E-state index contributed by atoms with van der Waals surface area (Å²) >= 11 is 6.68. The fourth-order valence-electron chi connectivity index (χ4n) is 4.62. The lowest BCUT2D eigenvalue weighted by molar-refractivity contribution is -0.0439. The second-order valence-corrected chi connectivity index (χ2v) is 7.44. The van der Waals surface area contributed by atoms with Crippen LogP contribution in [0.15, 0.2) is 24.3 Å². The van der Waals surface area contributed by atoms with E-state index in [1.54, 1.807) is 0 Å². The molecule has 3 atom stereocenters. The van der Waals surface area contributed by atoms with Crippen molar-refractivity contribution in [2.75, 3.05) is 0 Å². The Morgan fingerprint density at radius 2 is 1.95 bits per heavy atom. The molecular formula is C18H23ClO. The van der Waals surface area contributed by atoms with Crippen molar-refractivity contribution in [2.24, 2.45) is 5.92 Å². The number of rotatable bonds is 2. The summed E-state index contributed by atoms with van der Waals surface area (Å²) in [4.78, 5) is 0. The molecule has 2 fully saturated rings. The summed E-state index contributed by atoms with van der Waals surface area (Å²) in [5, 5.41) is 0.190. The second kappa shape index (κ2) is 5.03. The molecule has 1 saturated carbocycles. The summed E-state index contributed by atoms with van der Waals surface area (Å²) in [7, 11) is 0. The molecule has 4 rings (SSSR count). The summed E-state index contributed by atoms with van der Waals surface area (Å²) in [6.45, 7) is 0. The molecule has 2 heteroatoms. The zero-order chi connectivity index (χ0) is 13.6. The number of halogens is 1. The van der Waals surface area contributed by atoms with Crippen LogP contribution in [-0.2, 0) is 11.2 Å². The van der Waals surface area contributed by atoms with Gasteiger partial charge in [0.25, 0.3) is 0 Å². The molecule has 1 spiro atoms. The Bertz CT molecular complexity index is 492. The molecular weight excluding hydrogens is 268 g/mol. The van der Waals surface area contributed by atoms with Gasteiger partial charge in [-0.1, -0.05) is 37.1 Å². The molecule has 1 nitrogen and oxygen atoms in total. The summed E-state index contributed by atoms with van der Waals surface area (Å²) in [5.41, 5.74) is 3.07. The number of benzene rings is 1. The highest BCUT2D eigenvalue weighted by molar-refractivity contribution is 6.21. The molecule has 20 heavy (non-hydrogen) atoms. The predicted octanol–water partition coefficient (Wildman–Crippen LogP) is 5.02. The number of hydrogen-bond acceptors (Lipinski definition) is 1. The van der Waals surface area contributed by atoms with E-state index in [0.29, 0.717) is 12.0 Å². The third-order valence-electron chi connectivity index (χ3n) is 5.67. The van der Waals surface area contributed by atoms with E-state index in [2.05, 4.69) is 24.3 Å². The topological polar surface area (TPSA) is 9.23 Å². The smallest absolute Gasteiger partial charge is 0.0687 e. The van der Waals surface area contributed by atoms with Crippen LogP contribution in [0, 0.1) is 5.92 Å². The molecule has 108 valence electrons. The Morgan fingerprint density at radius 3 is 2.75 bits per heavy atom. The molecule has 2 aliphatic carbocycles. The zero-order valence-corrected chi connectivity index (χ0v) is 12.7. The van der Waals surface area contributed by atoms with Crippen molar-refractivity contribution in [3.05, 3.63) is 35.4 Å². The molecule has 0 aromatic heterocycles. The van der Waals surface area contributed by atoms with Crippen molar-refractivity contribution in [1.29, 1.82) is 0 Å². The van der Waals surface area contributed by atoms with Crippen molar-refractivity contribution in [3.8, 4) is 0 Å². The van der Waals surface area contributed by atoms with Crippen molar-refractivity contribution in [1.82, 2.24) is 0 Å². The van der Waals surface area contributed by atoms with Crippen LogP contribution in [0.2, 0.25) is 0 Å². The van der Waals surface area contributed by atoms with Crippen LogP contribution in [0.4, 0.5) is 0 Å². The number of hydrogen-bond donors (Lipinski definition) is 0. The van der Waals surface area contributed by atoms with E-state index in [9.17, 15) is 0 Å². The van der Waals surface area contributed by atoms with Gasteiger partial charge in [-0.15, -0.1) is 11.6 Å². The minimum Gasteiger partial charge on any atom is -0.372 e. The molecule has 0 radical (unpaired) electrons. The Hall–Kier alpha value is -0.530. The highest BCUT2D eigenvalue weighted by atomic mass is 35.5. The van der Waals surface area contributed by atoms with Gasteiger partial charge in [0.05, 0.1) is 17.1 Å². The van der Waals surface area contributed by atoms with Gasteiger partial charge in [-0.3, -0.25) is 0 Å². The summed E-state index contributed by atoms with van der Waals surface area (Å²) in [6.07, 6.45) is 10.6. The Morgan fingerprint density at radius 1 is 1.15 bits per heavy atom. The van der Waals surface area contributed by atoms with Crippen molar-refractivity contribution in [2.45, 2.75) is 68.4 Å². The van der Waals surface area contributed by atoms with Crippen LogP contribution >= 0.6 is 11.6 Å². The first-order chi connectivity index (χ1) is 9.76. The largest absolute Gasteiger partial charge is 0.372 e. The van der Waals surface area contributed by atoms with Gasteiger partial charge in [-0.2, -0.15) is 0 Å². The lowest BCUT2D eigenvalue weighted by Crippen LogP contribution is -2.26. The summed E-state index contributed by atoms with van der Waals surface area (Å²) in [5.74, 6) is 0.565. The first-order valence-corrected chi connectivity index (χ1v) is 8.59. The first kappa shape index (κ1) is 13.2. The molecule has 0 amide bonds. The monoisotopic (exact) mass is 290 g/mol. The molecule has 1 heterocycles. The van der Waals surface area contributed by atoms with E-state index in [1.807, 2.05) is 0 Å². The van der Waals surface area contributed by atoms with E-state index in [-0.39, 0.29) is 11.0 Å². The minimum absolute atomic E-state index is 0.190. The van der Waals surface area contributed by atoms with Crippen LogP contribution in [0.5, 0.6) is 0 Å². The van der Waals surface area contributed by atoms with E-state index in [1.165, 1.54) is 49.7 Å². The van der Waals surface area contributed by atoms with E-state index >= 15 is 0 Å². The number of alkyl halides is 1. The lowest BCUT2D eigenvalue weighted by atomic mass is 9.94. The van der Waals surface area contributed by atoms with Crippen LogP contribution in [0.25, 0.3) is 0 Å². The van der Waals surface area contributed by atoms with Crippen LogP contribution in [-0.4, -0.2) is 11.7 Å². The number of fused-ring (bicyclic) bond motifs is 1. The van der Waals surface area contributed by atoms with Gasteiger partial charge in [0.15, 0.2) is 0 Å². The Balaban J connectivity index is 1.42. The molecule has 0 N–H and O–H groups in total. The molecule has 1 aliphatic heterocycles. The fourth-order valence-corrected chi connectivity index (χ4v) is 5.02. The minimum atomic E-state index is 0.190. The maximum atomic E-state index is 6.68. The highest BCUT2D eigenvalue weighted by Crippen LogP contribution is 2.48. The molecule has 0 bridgehead atoms. The van der Waals surface area contributed by atoms with Crippen molar-refractivity contribution < 1.29 is 4.74 Å². The lowest BCUT2D eigenvalue weighted by Gasteiger charge is -2.25. The van der Waals surface area contributed by atoms with Gasteiger partial charge in [0, 0.05) is 0 Å². The van der Waals surface area contributed by atoms with Gasteiger partial charge in [-0.05, 0) is 55.6 Å². The van der Waals surface area contributed by atoms with Crippen molar-refractivity contribution in [3.63, 3.8) is 0 Å². The Labute approximate surface area is 126 Å². The third kappa shape index (κ3) is 2.19. The van der Waals surface area contributed by atoms with Gasteiger partial charge in [0.2, 0.25) is 0 Å². The third-order valence-corrected chi connectivity index (χ3v) is 6.26. The van der Waals surface area contributed by atoms with Crippen LogP contribution in [0.1, 0.15) is 61.4 Å². The quantitative estimate of drug-likeness (QED) is 0.695. The summed E-state index contributed by atoms with van der Waals surface area (Å²) in [6, 6.07) is 8.67. The van der Waals surface area contributed by atoms with E-state index in [0.717, 1.165) is 12.8 Å². The molecule has 1 saturated heterocycles. The van der Waals surface area contributed by atoms with Crippen molar-refractivity contribution >= 4 is 11.6 Å². The first-order valence-electron chi connectivity index (χ1n) is 8.15. The average Bonchev–Trinajstić information content (AvgIpc) is 3.15. The maximum Gasteiger partial charge on any atom is 0.0687 e. The van der Waals surface area contributed by atoms with Crippen LogP contribution in [0.3, 0.4) is 0 Å². The second-order valence-electron chi connectivity index (χ2n) is 6.97. The molecule has 1 aromatic carbocycles. The zero-order valence-electron chi connectivity index (χ0n) is 12.0. The number of ether oxygens (including phenoxy) is 1. The SMILES string of the molecule is ClC1c2ccccc2CC1CC1CCC2(CCCC2)O1. The van der Waals surface area contributed by atoms with Gasteiger partial charge in [0.1, 0.15) is 0 Å². The van der Waals surface area contributed by atoms with E-state index in [4.69, 9.17) is 16.3 Å². The Kier molecular flexibility index (Phi) is 3.31. The molecule has 3 unspecified atom stereocenters. The maximum absolute atomic E-state index is 6.68. The van der Waals surface area contributed by atoms with E-state index < -0.39 is 0 Å². The predicted molar refractivity (Wildman–Crippen MR) is 82.2 cm³/mol. The summed E-state index contributed by atoms with van der Waals surface area (Å²) < 4.78 is 6.46. The van der Waals surface area contributed by atoms with Gasteiger partial charge >= 0.3 is 0 Å². The highest BCUT2D eigenvalue weighted by Gasteiger charge is 2.43. The standard InChI is InChI=1S/C18H23ClO/c19-17-14(11-13-5-1-2-6-16(13)17)12-15-7-10-18(20-15)8-3-4-9-18/h1-2,5-6,14-15,17H,3-4,7-12H2. The van der Waals surface area contributed by atoms with Crippen LogP contribution < -0.4 is 0 Å². The normalized spacial score (nSPS) is 34.8. The fraction of sp³-hybridized carbons (Fsp3) is 0.667. The molecule has 1 aromatic rings. The van der Waals surface area contributed by atoms with Gasteiger partial charge in [-0.25, -0.2) is 0 Å².